The lowest BCUT2D eigenvalue weighted by Gasteiger charge is -2.31. The van der Waals surface area contributed by atoms with Gasteiger partial charge in [0, 0.05) is 17.5 Å². The van der Waals surface area contributed by atoms with Gasteiger partial charge in [0.2, 0.25) is 0 Å². The van der Waals surface area contributed by atoms with E-state index in [-0.39, 0.29) is 29.5 Å². The zero-order chi connectivity index (χ0) is 31.1. The molecule has 0 amide bonds. The molecule has 1 spiro atoms. The average Bonchev–Trinajstić information content (AvgIpc) is 3.37. The van der Waals surface area contributed by atoms with Gasteiger partial charge < -0.3 is 28.4 Å². The number of rotatable bonds is 4. The third-order valence-corrected chi connectivity index (χ3v) is 9.50. The van der Waals surface area contributed by atoms with Crippen molar-refractivity contribution in [3.63, 3.8) is 0 Å². The molecule has 0 bridgehead atoms. The average molecular weight is 597 g/mol. The van der Waals surface area contributed by atoms with Gasteiger partial charge in [-0.25, -0.2) is 0 Å². The monoisotopic (exact) mass is 596 g/mol. The molecule has 0 saturated carbocycles. The molecule has 8 rings (SSSR count). The number of ether oxygens (including phenoxy) is 6. The van der Waals surface area contributed by atoms with E-state index in [1.165, 1.54) is 22.3 Å². The predicted octanol–water partition coefficient (Wildman–Crippen LogP) is 9.16. The molecule has 0 fully saturated rings. The van der Waals surface area contributed by atoms with Gasteiger partial charge in [0.05, 0.1) is 0 Å². The van der Waals surface area contributed by atoms with Crippen LogP contribution < -0.4 is 28.4 Å². The summed E-state index contributed by atoms with van der Waals surface area (Å²) >= 11 is 0. The van der Waals surface area contributed by atoms with Crippen molar-refractivity contribution in [3.8, 4) is 82.2 Å². The lowest BCUT2D eigenvalue weighted by Crippen LogP contribution is -2.27. The Morgan fingerprint density at radius 1 is 0.533 bits per heavy atom. The summed E-state index contributed by atoms with van der Waals surface area (Å²) in [7, 11) is 0. The van der Waals surface area contributed by atoms with Gasteiger partial charge in [-0.3, -0.25) is 0 Å². The van der Waals surface area contributed by atoms with E-state index in [1.54, 1.807) is 0 Å². The van der Waals surface area contributed by atoms with E-state index in [1.807, 2.05) is 36.4 Å². The minimum atomic E-state index is -0.250. The Bertz CT molecular complexity index is 2010. The van der Waals surface area contributed by atoms with Crippen LogP contribution in [0.5, 0.6) is 57.5 Å². The summed E-state index contributed by atoms with van der Waals surface area (Å²) in [6.45, 7) is 9.63. The fourth-order valence-electron chi connectivity index (χ4n) is 7.85. The molecule has 4 aromatic carbocycles. The fourth-order valence-corrected chi connectivity index (χ4v) is 7.85. The minimum Gasteiger partial charge on any atom is -0.481 e. The summed E-state index contributed by atoms with van der Waals surface area (Å²) in [6.07, 6.45) is 12.6. The topological polar surface area (TPSA) is 55.4 Å². The highest BCUT2D eigenvalue weighted by molar-refractivity contribution is 5.69. The van der Waals surface area contributed by atoms with Crippen LogP contribution in [0.4, 0.5) is 0 Å². The van der Waals surface area contributed by atoms with Gasteiger partial charge in [-0.2, -0.15) is 0 Å². The minimum absolute atomic E-state index is 0.104. The first-order valence-corrected chi connectivity index (χ1v) is 15.1. The third-order valence-electron chi connectivity index (χ3n) is 9.50. The molecular formula is C39H32O6. The second-order valence-electron chi connectivity index (χ2n) is 13.5. The van der Waals surface area contributed by atoms with Crippen molar-refractivity contribution >= 4 is 0 Å². The van der Waals surface area contributed by atoms with Crippen LogP contribution in [0.1, 0.15) is 62.8 Å². The second kappa shape index (κ2) is 9.40. The molecule has 1 unspecified atom stereocenters. The summed E-state index contributed by atoms with van der Waals surface area (Å²) in [5, 5.41) is 0. The first kappa shape index (κ1) is 27.4. The molecule has 45 heavy (non-hydrogen) atoms. The number of hydrogen-bond acceptors (Lipinski definition) is 6. The highest BCUT2D eigenvalue weighted by atomic mass is 16.6. The first-order chi connectivity index (χ1) is 21.6. The zero-order valence-electron chi connectivity index (χ0n) is 25.7. The number of fused-ring (bicyclic) bond motifs is 8. The van der Waals surface area contributed by atoms with Crippen molar-refractivity contribution in [2.45, 2.75) is 56.8 Å². The van der Waals surface area contributed by atoms with E-state index in [0.29, 0.717) is 57.5 Å². The normalized spacial score (nSPS) is 19.8. The smallest absolute Gasteiger partial charge is 0.173 e. The Balaban J connectivity index is 1.21. The Morgan fingerprint density at radius 3 is 1.29 bits per heavy atom. The van der Waals surface area contributed by atoms with Crippen LogP contribution in [0, 0.1) is 24.7 Å². The highest BCUT2D eigenvalue weighted by Crippen LogP contribution is 2.66. The van der Waals surface area contributed by atoms with Crippen molar-refractivity contribution in [3.05, 3.63) is 82.9 Å². The van der Waals surface area contributed by atoms with Gasteiger partial charge in [0.25, 0.3) is 0 Å². The molecule has 0 N–H and O–H groups in total. The molecule has 0 saturated heterocycles. The number of hydrogen-bond donors (Lipinski definition) is 0. The van der Waals surface area contributed by atoms with Gasteiger partial charge in [-0.05, 0) is 94.5 Å². The van der Waals surface area contributed by atoms with Crippen LogP contribution >= 0.6 is 0 Å². The zero-order valence-corrected chi connectivity index (χ0v) is 25.7. The molecule has 4 aromatic rings. The van der Waals surface area contributed by atoms with Gasteiger partial charge in [-0.15, -0.1) is 12.8 Å². The summed E-state index contributed by atoms with van der Waals surface area (Å²) < 4.78 is 37.0. The number of terminal acetylenes is 2. The van der Waals surface area contributed by atoms with Crippen LogP contribution in [-0.2, 0) is 16.2 Å². The molecule has 2 aliphatic carbocycles. The molecular weight excluding hydrogens is 564 g/mol. The number of benzene rings is 4. The van der Waals surface area contributed by atoms with Crippen molar-refractivity contribution in [1.82, 2.24) is 0 Å². The Kier molecular flexibility index (Phi) is 5.71. The predicted molar refractivity (Wildman–Crippen MR) is 171 cm³/mol. The quantitative estimate of drug-likeness (QED) is 0.189. The first-order valence-electron chi connectivity index (χ1n) is 15.1. The molecule has 4 aliphatic rings. The van der Waals surface area contributed by atoms with Crippen molar-refractivity contribution in [2.24, 2.45) is 0 Å². The van der Waals surface area contributed by atoms with E-state index in [4.69, 9.17) is 41.3 Å². The van der Waals surface area contributed by atoms with Gasteiger partial charge in [0.15, 0.2) is 46.0 Å². The molecule has 6 nitrogen and oxygen atoms in total. The van der Waals surface area contributed by atoms with E-state index < -0.39 is 0 Å². The molecule has 224 valence electrons. The van der Waals surface area contributed by atoms with Crippen LogP contribution in [0.15, 0.2) is 60.7 Å². The van der Waals surface area contributed by atoms with Gasteiger partial charge in [-0.1, -0.05) is 39.5 Å². The maximum atomic E-state index is 6.48. The Hall–Kier alpha value is -5.20. The second-order valence-corrected chi connectivity index (χ2v) is 13.5. The standard InChI is InChI=1S/C39H32O6/c1-7-13-40-23-10-12-30-31(15-23)44-34-18-26-27(19-35(34)43-30)39(22-38(26,5)6)21-37(3,4)25-17-33-36(20-28(25)39)45-32-16-24(41-14-8-2)9-11-29(32)42-33/h1-2,9-12,15-20H,13-14,21-22H2,3-6H3. The molecule has 2 heterocycles. The van der Waals surface area contributed by atoms with E-state index in [0.717, 1.165) is 12.8 Å². The van der Waals surface area contributed by atoms with E-state index in [9.17, 15) is 0 Å². The van der Waals surface area contributed by atoms with Crippen LogP contribution in [0.3, 0.4) is 0 Å². The van der Waals surface area contributed by atoms with Crippen LogP contribution in [0.25, 0.3) is 0 Å². The van der Waals surface area contributed by atoms with Gasteiger partial charge in [0.1, 0.15) is 24.7 Å². The van der Waals surface area contributed by atoms with Crippen LogP contribution in [0.2, 0.25) is 0 Å². The molecule has 0 aromatic heterocycles. The maximum Gasteiger partial charge on any atom is 0.173 e. The fraction of sp³-hybridized carbons (Fsp3) is 0.282. The third kappa shape index (κ3) is 4.13. The summed E-state index contributed by atoms with van der Waals surface area (Å²) in [5.74, 6) is 11.5. The highest BCUT2D eigenvalue weighted by Gasteiger charge is 2.57. The van der Waals surface area contributed by atoms with Crippen molar-refractivity contribution in [1.29, 1.82) is 0 Å². The van der Waals surface area contributed by atoms with Crippen molar-refractivity contribution in [2.75, 3.05) is 13.2 Å². The maximum absolute atomic E-state index is 6.48. The molecule has 1 atom stereocenters. The molecule has 6 heteroatoms. The molecule has 0 radical (unpaired) electrons. The van der Waals surface area contributed by atoms with Crippen LogP contribution in [-0.4, -0.2) is 13.2 Å². The van der Waals surface area contributed by atoms with E-state index in [2.05, 4.69) is 63.8 Å². The molecule has 2 aliphatic heterocycles. The summed E-state index contributed by atoms with van der Waals surface area (Å²) in [6, 6.07) is 19.7. The Labute approximate surface area is 263 Å². The van der Waals surface area contributed by atoms with E-state index >= 15 is 0 Å². The SMILES string of the molecule is C#CCOc1ccc2c(c1)Oc1cc3c(cc1O2)C1(CC3(C)C)CC(C)(C)c2cc3c(cc21)Oc1cc(OCC#C)ccc1O3. The largest absolute Gasteiger partial charge is 0.481 e. The van der Waals surface area contributed by atoms with Gasteiger partial charge >= 0.3 is 0 Å². The lowest BCUT2D eigenvalue weighted by molar-refractivity contribution is 0.342. The van der Waals surface area contributed by atoms with Crippen molar-refractivity contribution < 1.29 is 28.4 Å². The summed E-state index contributed by atoms with van der Waals surface area (Å²) in [5.41, 5.74) is 4.58. The summed E-state index contributed by atoms with van der Waals surface area (Å²) in [4.78, 5) is 0. The lowest BCUT2D eigenvalue weighted by atomic mass is 9.72. The Morgan fingerprint density at radius 2 is 0.889 bits per heavy atom.